The van der Waals surface area contributed by atoms with E-state index >= 15 is 0 Å². The number of hydrogen-bond donors (Lipinski definition) is 1. The summed E-state index contributed by atoms with van der Waals surface area (Å²) in [5.41, 5.74) is 8.46. The van der Waals surface area contributed by atoms with Crippen molar-refractivity contribution in [3.05, 3.63) is 28.2 Å². The van der Waals surface area contributed by atoms with Gasteiger partial charge in [-0.25, -0.2) is 0 Å². The molecule has 0 aliphatic heterocycles. The predicted molar refractivity (Wildman–Crippen MR) is 82.1 cm³/mol. The second-order valence-corrected chi connectivity index (χ2v) is 6.42. The lowest BCUT2D eigenvalue weighted by atomic mass is 10.1. The maximum atomic E-state index is 5.73. The van der Waals surface area contributed by atoms with Crippen molar-refractivity contribution in [2.24, 2.45) is 11.7 Å². The maximum absolute atomic E-state index is 5.73. The molecule has 1 aliphatic carbocycles. The predicted octanol–water partition coefficient (Wildman–Crippen LogP) is 3.58. The number of rotatable bonds is 6. The highest BCUT2D eigenvalue weighted by molar-refractivity contribution is 9.10. The fraction of sp³-hybridized carbons (Fsp3) is 0.600. The number of halogens is 1. The first-order valence-corrected chi connectivity index (χ1v) is 7.66. The molecule has 2 nitrogen and oxygen atoms in total. The summed E-state index contributed by atoms with van der Waals surface area (Å²) in [7, 11) is 0. The van der Waals surface area contributed by atoms with E-state index in [1.807, 2.05) is 0 Å². The summed E-state index contributed by atoms with van der Waals surface area (Å²) in [5.74, 6) is 0.900. The van der Waals surface area contributed by atoms with Gasteiger partial charge in [-0.2, -0.15) is 0 Å². The summed E-state index contributed by atoms with van der Waals surface area (Å²) < 4.78 is 1.15. The Kier molecular flexibility index (Phi) is 4.68. The lowest BCUT2D eigenvalue weighted by Crippen LogP contribution is -2.33. The molecule has 1 aromatic carbocycles. The molecule has 0 amide bonds. The van der Waals surface area contributed by atoms with Gasteiger partial charge in [-0.1, -0.05) is 22.0 Å². The molecule has 2 N–H and O–H groups in total. The van der Waals surface area contributed by atoms with Crippen LogP contribution in [0, 0.1) is 5.92 Å². The average molecular weight is 311 g/mol. The van der Waals surface area contributed by atoms with Crippen molar-refractivity contribution in [2.45, 2.75) is 39.2 Å². The Hall–Kier alpha value is -0.540. The lowest BCUT2D eigenvalue weighted by Gasteiger charge is -2.31. The molecule has 0 atom stereocenters. The highest BCUT2D eigenvalue weighted by Crippen LogP contribution is 2.34. The summed E-state index contributed by atoms with van der Waals surface area (Å²) in [4.78, 5) is 2.54. The van der Waals surface area contributed by atoms with Crippen LogP contribution in [0.2, 0.25) is 0 Å². The topological polar surface area (TPSA) is 29.3 Å². The molecule has 1 aliphatic rings. The first-order valence-electron chi connectivity index (χ1n) is 6.87. The molecule has 100 valence electrons. The van der Waals surface area contributed by atoms with E-state index in [9.17, 15) is 0 Å². The Bertz CT molecular complexity index is 399. The van der Waals surface area contributed by atoms with Gasteiger partial charge in [0.25, 0.3) is 0 Å². The summed E-state index contributed by atoms with van der Waals surface area (Å²) in [5, 5.41) is 0. The van der Waals surface area contributed by atoms with Gasteiger partial charge in [0, 0.05) is 22.7 Å². The van der Waals surface area contributed by atoms with E-state index in [1.54, 1.807) is 0 Å². The second-order valence-electron chi connectivity index (χ2n) is 5.50. The van der Waals surface area contributed by atoms with E-state index < -0.39 is 0 Å². The average Bonchev–Trinajstić information content (AvgIpc) is 3.12. The zero-order valence-corrected chi connectivity index (χ0v) is 12.9. The van der Waals surface area contributed by atoms with Crippen LogP contribution < -0.4 is 10.6 Å². The van der Waals surface area contributed by atoms with Crippen molar-refractivity contribution >= 4 is 21.6 Å². The third kappa shape index (κ3) is 3.48. The summed E-state index contributed by atoms with van der Waals surface area (Å²) >= 11 is 3.59. The molecule has 2 rings (SSSR count). The van der Waals surface area contributed by atoms with Crippen molar-refractivity contribution < 1.29 is 0 Å². The quantitative estimate of drug-likeness (QED) is 0.870. The molecule has 0 spiro atoms. The molecule has 0 unspecified atom stereocenters. The van der Waals surface area contributed by atoms with Crippen LogP contribution in [0.5, 0.6) is 0 Å². The van der Waals surface area contributed by atoms with Crippen molar-refractivity contribution in [1.82, 2.24) is 0 Å². The third-order valence-electron chi connectivity index (χ3n) is 3.55. The van der Waals surface area contributed by atoms with Crippen molar-refractivity contribution in [2.75, 3.05) is 18.0 Å². The molecule has 1 saturated carbocycles. The van der Waals surface area contributed by atoms with Crippen LogP contribution in [-0.2, 0) is 6.42 Å². The molecular weight excluding hydrogens is 288 g/mol. The van der Waals surface area contributed by atoms with Gasteiger partial charge in [0.2, 0.25) is 0 Å². The molecule has 1 aromatic rings. The second kappa shape index (κ2) is 6.07. The van der Waals surface area contributed by atoms with Crippen molar-refractivity contribution in [3.8, 4) is 0 Å². The normalized spacial score (nSPS) is 15.2. The minimum absolute atomic E-state index is 0.538. The zero-order chi connectivity index (χ0) is 13.1. The largest absolute Gasteiger partial charge is 0.369 e. The van der Waals surface area contributed by atoms with Gasteiger partial charge in [0.05, 0.1) is 0 Å². The van der Waals surface area contributed by atoms with Crippen LogP contribution in [0.15, 0.2) is 22.7 Å². The number of nitrogens with two attached hydrogens (primary N) is 1. The van der Waals surface area contributed by atoms with Crippen molar-refractivity contribution in [1.29, 1.82) is 0 Å². The van der Waals surface area contributed by atoms with Crippen LogP contribution in [0.25, 0.3) is 0 Å². The first kappa shape index (κ1) is 13.9. The van der Waals surface area contributed by atoms with Crippen LogP contribution in [0.1, 0.15) is 32.3 Å². The Balaban J connectivity index is 2.27. The van der Waals surface area contributed by atoms with Gasteiger partial charge >= 0.3 is 0 Å². The highest BCUT2D eigenvalue weighted by atomic mass is 79.9. The molecule has 1 fully saturated rings. The SMILES string of the molecule is CC(C)N(CC1CC1)c1cc(Br)ccc1CCN. The highest BCUT2D eigenvalue weighted by Gasteiger charge is 2.26. The minimum Gasteiger partial charge on any atom is -0.369 e. The lowest BCUT2D eigenvalue weighted by molar-refractivity contribution is 0.641. The standard InChI is InChI=1S/C15H23BrN2/c1-11(2)18(10-12-3-4-12)15-9-14(16)6-5-13(15)7-8-17/h5-6,9,11-12H,3-4,7-8,10,17H2,1-2H3. The number of anilines is 1. The van der Waals surface area contributed by atoms with E-state index in [0.717, 1.165) is 16.8 Å². The Morgan fingerprint density at radius 1 is 1.39 bits per heavy atom. The monoisotopic (exact) mass is 310 g/mol. The molecular formula is C15H23BrN2. The van der Waals surface area contributed by atoms with Crippen LogP contribution >= 0.6 is 15.9 Å². The Morgan fingerprint density at radius 2 is 2.11 bits per heavy atom. The minimum atomic E-state index is 0.538. The van der Waals surface area contributed by atoms with Gasteiger partial charge in [-0.05, 0) is 63.3 Å². The summed E-state index contributed by atoms with van der Waals surface area (Å²) in [6.07, 6.45) is 3.74. The van der Waals surface area contributed by atoms with E-state index in [2.05, 4.69) is 52.9 Å². The first-order chi connectivity index (χ1) is 8.61. The molecule has 0 bridgehead atoms. The zero-order valence-electron chi connectivity index (χ0n) is 11.3. The van der Waals surface area contributed by atoms with Gasteiger partial charge in [-0.15, -0.1) is 0 Å². The van der Waals surface area contributed by atoms with E-state index in [4.69, 9.17) is 5.73 Å². The molecule has 0 saturated heterocycles. The Labute approximate surface area is 119 Å². The number of nitrogens with zero attached hydrogens (tertiary/aromatic N) is 1. The summed E-state index contributed by atoms with van der Waals surface area (Å²) in [6.45, 7) is 6.45. The summed E-state index contributed by atoms with van der Waals surface area (Å²) in [6, 6.07) is 7.10. The smallest absolute Gasteiger partial charge is 0.0412 e. The van der Waals surface area contributed by atoms with Crippen molar-refractivity contribution in [3.63, 3.8) is 0 Å². The van der Waals surface area contributed by atoms with Gasteiger partial charge in [-0.3, -0.25) is 0 Å². The molecule has 0 radical (unpaired) electrons. The van der Waals surface area contributed by atoms with E-state index in [-0.39, 0.29) is 0 Å². The van der Waals surface area contributed by atoms with Crippen LogP contribution in [0.3, 0.4) is 0 Å². The van der Waals surface area contributed by atoms with Crippen LogP contribution in [-0.4, -0.2) is 19.1 Å². The molecule has 0 aromatic heterocycles. The number of benzene rings is 1. The van der Waals surface area contributed by atoms with Gasteiger partial charge in [0.1, 0.15) is 0 Å². The Morgan fingerprint density at radius 3 is 2.67 bits per heavy atom. The fourth-order valence-electron chi connectivity index (χ4n) is 2.34. The molecule has 3 heteroatoms. The van der Waals surface area contributed by atoms with E-state index in [1.165, 1.54) is 30.6 Å². The molecule has 0 heterocycles. The molecule has 18 heavy (non-hydrogen) atoms. The number of hydrogen-bond acceptors (Lipinski definition) is 2. The van der Waals surface area contributed by atoms with Gasteiger partial charge < -0.3 is 10.6 Å². The fourth-order valence-corrected chi connectivity index (χ4v) is 2.69. The van der Waals surface area contributed by atoms with Crippen LogP contribution in [0.4, 0.5) is 5.69 Å². The maximum Gasteiger partial charge on any atom is 0.0412 e. The third-order valence-corrected chi connectivity index (χ3v) is 4.04. The van der Waals surface area contributed by atoms with E-state index in [0.29, 0.717) is 12.6 Å². The van der Waals surface area contributed by atoms with Gasteiger partial charge in [0.15, 0.2) is 0 Å².